The number of carboxylic acid groups (broad SMARTS) is 1. The molecule has 0 aromatic carbocycles. The summed E-state index contributed by atoms with van der Waals surface area (Å²) in [6.45, 7) is 13.4. The molecule has 3 nitrogen and oxygen atoms in total. The maximum atomic E-state index is 9.87. The van der Waals surface area contributed by atoms with Gasteiger partial charge < -0.3 is 5.11 Å². The van der Waals surface area contributed by atoms with Gasteiger partial charge in [-0.05, 0) is 6.92 Å². The van der Waals surface area contributed by atoms with Crippen molar-refractivity contribution >= 4 is 25.9 Å². The number of hydrogen-bond donors (Lipinski definition) is 1. The van der Waals surface area contributed by atoms with Gasteiger partial charge in [0.2, 0.25) is 0 Å². The van der Waals surface area contributed by atoms with Crippen molar-refractivity contribution in [2.24, 2.45) is 0 Å². The van der Waals surface area contributed by atoms with Crippen molar-refractivity contribution in [2.45, 2.75) is 166 Å². The van der Waals surface area contributed by atoms with E-state index in [1.807, 2.05) is 0 Å². The van der Waals surface area contributed by atoms with Crippen molar-refractivity contribution in [3.63, 3.8) is 0 Å². The van der Waals surface area contributed by atoms with Crippen molar-refractivity contribution in [3.8, 4) is 0 Å². The molecule has 190 valence electrons. The fraction of sp³-hybridized carbons (Fsp3) is 0.929. The van der Waals surface area contributed by atoms with Crippen LogP contribution in [0.5, 0.6) is 0 Å². The van der Waals surface area contributed by atoms with Crippen LogP contribution in [-0.2, 0) is 9.59 Å². The topological polar surface area (TPSA) is 54.4 Å². The molecule has 0 atom stereocenters. The van der Waals surface area contributed by atoms with Gasteiger partial charge in [0.25, 0.3) is 14.1 Å². The highest BCUT2D eigenvalue weighted by atomic mass is 27.2. The normalized spacial score (nSPS) is 10.9. The van der Waals surface area contributed by atoms with Gasteiger partial charge in [-0.1, -0.05) is 152 Å². The highest BCUT2D eigenvalue weighted by Crippen LogP contribution is 2.25. The quantitative estimate of drug-likeness (QED) is 0.104. The number of unbranched alkanes of at least 4 members (excludes halogenated alkanes) is 15. The number of Topliss-reactive ketones (excluding diaryl/α,β-unsaturated/α-hetero) is 1. The first-order valence-corrected chi connectivity index (χ1v) is 16.1. The Labute approximate surface area is 205 Å². The van der Waals surface area contributed by atoms with Gasteiger partial charge in [-0.3, -0.25) is 9.59 Å². The molecule has 0 aliphatic rings. The monoisotopic (exact) mass is 468 g/mol. The smallest absolute Gasteiger partial charge is 0.310 e. The molecule has 0 aliphatic carbocycles. The van der Waals surface area contributed by atoms with Gasteiger partial charge in [0.1, 0.15) is 12.2 Å². The molecule has 32 heavy (non-hydrogen) atoms. The van der Waals surface area contributed by atoms with E-state index in [1.54, 1.807) is 5.28 Å². The predicted molar refractivity (Wildman–Crippen MR) is 143 cm³/mol. The lowest BCUT2D eigenvalue weighted by molar-refractivity contribution is -0.139. The second kappa shape index (κ2) is 25.3. The summed E-state index contributed by atoms with van der Waals surface area (Å²) in [6, 6.07) is 0. The van der Waals surface area contributed by atoms with Crippen LogP contribution in [0.2, 0.25) is 14.8 Å². The largest absolute Gasteiger partial charge is 0.481 e. The lowest BCUT2D eigenvalue weighted by Gasteiger charge is -2.19. The predicted octanol–water partition coefficient (Wildman–Crippen LogP) is 9.61. The van der Waals surface area contributed by atoms with Gasteiger partial charge in [0.15, 0.2) is 0 Å². The van der Waals surface area contributed by atoms with E-state index < -0.39 is 20.1 Å². The van der Waals surface area contributed by atoms with Gasteiger partial charge in [0.05, 0.1) is 0 Å². The maximum absolute atomic E-state index is 9.87. The second-order valence-corrected chi connectivity index (χ2v) is 15.1. The van der Waals surface area contributed by atoms with Crippen molar-refractivity contribution in [1.29, 1.82) is 0 Å². The Morgan fingerprint density at radius 2 is 0.938 bits per heavy atom. The highest BCUT2D eigenvalue weighted by molar-refractivity contribution is 6.61. The van der Waals surface area contributed by atoms with Crippen LogP contribution in [0.25, 0.3) is 0 Å². The molecule has 0 saturated carbocycles. The molecule has 0 heterocycles. The number of rotatable bonds is 21. The van der Waals surface area contributed by atoms with Gasteiger partial charge in [0, 0.05) is 0 Å². The summed E-state index contributed by atoms with van der Waals surface area (Å²) in [5.41, 5.74) is 0. The van der Waals surface area contributed by atoms with E-state index in [-0.39, 0.29) is 12.2 Å². The minimum atomic E-state index is -1.06. The molecule has 0 saturated heterocycles. The Bertz CT molecular complexity index is 401. The van der Waals surface area contributed by atoms with E-state index in [0.29, 0.717) is 0 Å². The molecule has 1 N–H and O–H groups in total. The number of carbonyl (C=O) groups is 2. The summed E-state index contributed by atoms with van der Waals surface area (Å²) >= 11 is -0.473. The Kier molecular flexibility index (Phi) is 26.8. The summed E-state index contributed by atoms with van der Waals surface area (Å²) in [4.78, 5) is 19.5. The zero-order chi connectivity index (χ0) is 24.6. The van der Waals surface area contributed by atoms with Crippen LogP contribution >= 0.6 is 0 Å². The molecule has 4 heteroatoms. The second-order valence-electron chi connectivity index (χ2n) is 10.5. The van der Waals surface area contributed by atoms with E-state index in [2.05, 4.69) is 34.6 Å². The van der Waals surface area contributed by atoms with Crippen LogP contribution in [-0.4, -0.2) is 31.0 Å². The van der Waals surface area contributed by atoms with Crippen molar-refractivity contribution < 1.29 is 14.7 Å². The summed E-state index contributed by atoms with van der Waals surface area (Å²) in [5, 5.41) is 9.45. The molecule has 0 aliphatic heterocycles. The lowest BCUT2D eigenvalue weighted by Crippen LogP contribution is -2.20. The Balaban J connectivity index is 0. The first-order chi connectivity index (χ1) is 15.2. The van der Waals surface area contributed by atoms with Crippen LogP contribution < -0.4 is 0 Å². The number of carboxylic acids is 1. The SMILES string of the molecule is CC(=O)CC(=O)O.CCCCCCCCCCCCCCCCC[CH2][Al]([CH](C)C)[CH](C)C. The third-order valence-electron chi connectivity index (χ3n) is 6.50. The summed E-state index contributed by atoms with van der Waals surface area (Å²) in [6.07, 6.45) is 23.3. The van der Waals surface area contributed by atoms with Gasteiger partial charge >= 0.3 is 5.97 Å². The molecular formula is C28H57AlO3. The van der Waals surface area contributed by atoms with E-state index >= 15 is 0 Å². The van der Waals surface area contributed by atoms with Crippen LogP contribution in [0, 0.1) is 0 Å². The van der Waals surface area contributed by atoms with E-state index in [1.165, 1.54) is 110 Å². The van der Waals surface area contributed by atoms with Crippen LogP contribution in [0.15, 0.2) is 0 Å². The average Bonchev–Trinajstić information content (AvgIpc) is 2.69. The molecular weight excluding hydrogens is 411 g/mol. The highest BCUT2D eigenvalue weighted by Gasteiger charge is 2.23. The van der Waals surface area contributed by atoms with Gasteiger partial charge in [-0.25, -0.2) is 0 Å². The number of ketones is 1. The Morgan fingerprint density at radius 3 is 1.16 bits per heavy atom. The zero-order valence-corrected chi connectivity index (χ0v) is 23.9. The number of aliphatic carboxylic acids is 1. The fourth-order valence-corrected chi connectivity index (χ4v) is 8.21. The van der Waals surface area contributed by atoms with Crippen LogP contribution in [0.4, 0.5) is 0 Å². The first kappa shape index (κ1) is 33.8. The summed E-state index contributed by atoms with van der Waals surface area (Å²) in [5.74, 6) is -1.37. The Morgan fingerprint density at radius 1 is 0.625 bits per heavy atom. The maximum Gasteiger partial charge on any atom is 0.310 e. The minimum absolute atomic E-state index is 0.312. The van der Waals surface area contributed by atoms with Crippen LogP contribution in [0.3, 0.4) is 0 Å². The number of hydrogen-bond acceptors (Lipinski definition) is 2. The molecule has 0 radical (unpaired) electrons. The third-order valence-corrected chi connectivity index (χ3v) is 11.0. The van der Waals surface area contributed by atoms with Crippen molar-refractivity contribution in [2.75, 3.05) is 0 Å². The van der Waals surface area contributed by atoms with Crippen molar-refractivity contribution in [3.05, 3.63) is 0 Å². The van der Waals surface area contributed by atoms with Gasteiger partial charge in [-0.2, -0.15) is 0 Å². The molecule has 0 aromatic rings. The van der Waals surface area contributed by atoms with E-state index in [9.17, 15) is 9.59 Å². The molecule has 0 bridgehead atoms. The standard InChI is InChI=1S/C18H37.C4H6O3.2C3H7.Al/c1-3-5-7-9-11-13-15-17-18-16-14-12-10-8-6-4-2;1-3(5)2-4(6)7;2*1-3-2;/h1,3-18H2,2H3;2H2,1H3,(H,6,7);2*3H,1-2H3;. The van der Waals surface area contributed by atoms with Crippen LogP contribution in [0.1, 0.15) is 151 Å². The van der Waals surface area contributed by atoms with Gasteiger partial charge in [-0.15, -0.1) is 0 Å². The molecule has 0 aromatic heterocycles. The summed E-state index contributed by atoms with van der Waals surface area (Å²) < 4.78 is 1.99. The van der Waals surface area contributed by atoms with E-state index in [4.69, 9.17) is 5.11 Å². The van der Waals surface area contributed by atoms with Crippen molar-refractivity contribution in [1.82, 2.24) is 0 Å². The van der Waals surface area contributed by atoms with E-state index in [0.717, 1.165) is 9.56 Å². The zero-order valence-electron chi connectivity index (χ0n) is 22.7. The average molecular weight is 469 g/mol. The fourth-order valence-electron chi connectivity index (χ4n) is 4.58. The number of carbonyl (C=O) groups excluding carboxylic acids is 1. The molecule has 0 amide bonds. The minimum Gasteiger partial charge on any atom is -0.481 e. The molecule has 0 fully saturated rings. The first-order valence-electron chi connectivity index (χ1n) is 13.9. The third kappa shape index (κ3) is 27.7. The lowest BCUT2D eigenvalue weighted by atomic mass is 10.0. The summed E-state index contributed by atoms with van der Waals surface area (Å²) in [7, 11) is 0. The molecule has 0 rings (SSSR count). The molecule has 0 spiro atoms. The Hall–Kier alpha value is -0.328. The molecule has 0 unspecified atom stereocenters.